The van der Waals surface area contributed by atoms with Crippen molar-refractivity contribution < 1.29 is 13.5 Å². The van der Waals surface area contributed by atoms with E-state index in [0.29, 0.717) is 17.9 Å². The fourth-order valence-corrected chi connectivity index (χ4v) is 2.13. The van der Waals surface area contributed by atoms with Crippen LogP contribution in [0.25, 0.3) is 0 Å². The topological polar surface area (TPSA) is 35.2 Å². The molecule has 0 aliphatic heterocycles. The average molecular weight is 277 g/mol. The summed E-state index contributed by atoms with van der Waals surface area (Å²) in [6.07, 6.45) is 0. The summed E-state index contributed by atoms with van der Waals surface area (Å²) < 4.78 is 32.7. The summed E-state index contributed by atoms with van der Waals surface area (Å²) in [6.45, 7) is 4.25. The highest BCUT2D eigenvalue weighted by atomic mass is 19.2. The van der Waals surface area contributed by atoms with Crippen molar-refractivity contribution >= 4 is 0 Å². The molecule has 0 spiro atoms. The summed E-state index contributed by atoms with van der Waals surface area (Å²) in [5.74, 6) is -1.22. The van der Waals surface area contributed by atoms with Gasteiger partial charge in [0.1, 0.15) is 5.75 Å². The first kappa shape index (κ1) is 14.5. The summed E-state index contributed by atoms with van der Waals surface area (Å²) in [5.41, 5.74) is 7.85. The lowest BCUT2D eigenvalue weighted by molar-refractivity contribution is 0.335. The SMILES string of the molecule is CCOc1ccc(C)cc1C(N)c1cccc(F)c1F. The second kappa shape index (κ2) is 6.01. The molecule has 2 N–H and O–H groups in total. The molecular formula is C16H17F2NO. The van der Waals surface area contributed by atoms with E-state index in [1.54, 1.807) is 6.07 Å². The molecule has 2 aromatic carbocycles. The fourth-order valence-electron chi connectivity index (χ4n) is 2.13. The third-order valence-electron chi connectivity index (χ3n) is 3.12. The van der Waals surface area contributed by atoms with Crippen molar-refractivity contribution in [2.75, 3.05) is 6.61 Å². The second-order valence-corrected chi connectivity index (χ2v) is 4.60. The molecule has 2 nitrogen and oxygen atoms in total. The molecule has 0 aliphatic rings. The van der Waals surface area contributed by atoms with Crippen LogP contribution in [0, 0.1) is 18.6 Å². The molecule has 0 aliphatic carbocycles. The predicted octanol–water partition coefficient (Wildman–Crippen LogP) is 3.72. The van der Waals surface area contributed by atoms with Crippen molar-refractivity contribution in [3.63, 3.8) is 0 Å². The Hall–Kier alpha value is -1.94. The van der Waals surface area contributed by atoms with Crippen LogP contribution >= 0.6 is 0 Å². The van der Waals surface area contributed by atoms with Crippen LogP contribution in [0.4, 0.5) is 8.78 Å². The van der Waals surface area contributed by atoms with Crippen LogP contribution in [0.5, 0.6) is 5.75 Å². The number of hydrogen-bond donors (Lipinski definition) is 1. The van der Waals surface area contributed by atoms with E-state index in [1.165, 1.54) is 12.1 Å². The maximum atomic E-state index is 13.9. The Bertz CT molecular complexity index is 613. The quantitative estimate of drug-likeness (QED) is 0.924. The van der Waals surface area contributed by atoms with Gasteiger partial charge in [0.15, 0.2) is 11.6 Å². The molecule has 4 heteroatoms. The van der Waals surface area contributed by atoms with Gasteiger partial charge in [0.05, 0.1) is 12.6 Å². The Balaban J connectivity index is 2.49. The van der Waals surface area contributed by atoms with E-state index in [4.69, 9.17) is 10.5 Å². The van der Waals surface area contributed by atoms with E-state index >= 15 is 0 Å². The molecule has 0 aromatic heterocycles. The molecule has 0 amide bonds. The van der Waals surface area contributed by atoms with Crippen LogP contribution in [0.3, 0.4) is 0 Å². The maximum Gasteiger partial charge on any atom is 0.163 e. The Kier molecular flexibility index (Phi) is 4.35. The molecule has 0 fully saturated rings. The van der Waals surface area contributed by atoms with Gasteiger partial charge in [0.25, 0.3) is 0 Å². The summed E-state index contributed by atoms with van der Waals surface area (Å²) in [6, 6.07) is 8.76. The number of halogens is 2. The summed E-state index contributed by atoms with van der Waals surface area (Å²) in [4.78, 5) is 0. The van der Waals surface area contributed by atoms with E-state index in [2.05, 4.69) is 0 Å². The highest BCUT2D eigenvalue weighted by Gasteiger charge is 2.19. The molecule has 20 heavy (non-hydrogen) atoms. The van der Waals surface area contributed by atoms with E-state index in [1.807, 2.05) is 26.0 Å². The molecule has 0 saturated carbocycles. The molecule has 0 saturated heterocycles. The summed E-state index contributed by atoms with van der Waals surface area (Å²) in [5, 5.41) is 0. The summed E-state index contributed by atoms with van der Waals surface area (Å²) >= 11 is 0. The van der Waals surface area contributed by atoms with Crippen LogP contribution < -0.4 is 10.5 Å². The molecule has 2 aromatic rings. The van der Waals surface area contributed by atoms with Gasteiger partial charge in [0, 0.05) is 11.1 Å². The lowest BCUT2D eigenvalue weighted by Gasteiger charge is -2.18. The van der Waals surface area contributed by atoms with Crippen molar-refractivity contribution in [2.24, 2.45) is 5.73 Å². The van der Waals surface area contributed by atoms with Crippen molar-refractivity contribution in [2.45, 2.75) is 19.9 Å². The van der Waals surface area contributed by atoms with Crippen LogP contribution in [0.1, 0.15) is 29.7 Å². The monoisotopic (exact) mass is 277 g/mol. The van der Waals surface area contributed by atoms with E-state index in [9.17, 15) is 8.78 Å². The minimum atomic E-state index is -0.913. The minimum Gasteiger partial charge on any atom is -0.494 e. The molecule has 106 valence electrons. The first-order valence-corrected chi connectivity index (χ1v) is 6.47. The van der Waals surface area contributed by atoms with Crippen molar-refractivity contribution in [3.8, 4) is 5.75 Å². The number of rotatable bonds is 4. The minimum absolute atomic E-state index is 0.122. The van der Waals surface area contributed by atoms with Gasteiger partial charge in [0.2, 0.25) is 0 Å². The van der Waals surface area contributed by atoms with Crippen LogP contribution in [0.2, 0.25) is 0 Å². The smallest absolute Gasteiger partial charge is 0.163 e. The maximum absolute atomic E-state index is 13.9. The molecule has 0 heterocycles. The molecule has 0 radical (unpaired) electrons. The number of hydrogen-bond acceptors (Lipinski definition) is 2. The first-order chi connectivity index (χ1) is 9.54. The fraction of sp³-hybridized carbons (Fsp3) is 0.250. The third-order valence-corrected chi connectivity index (χ3v) is 3.12. The average Bonchev–Trinajstić information content (AvgIpc) is 2.43. The van der Waals surface area contributed by atoms with Crippen molar-refractivity contribution in [1.29, 1.82) is 0 Å². The van der Waals surface area contributed by atoms with Crippen LogP contribution in [0.15, 0.2) is 36.4 Å². The van der Waals surface area contributed by atoms with Gasteiger partial charge in [-0.05, 0) is 26.0 Å². The standard InChI is InChI=1S/C16H17F2NO/c1-3-20-14-8-7-10(2)9-12(14)16(19)11-5-4-6-13(17)15(11)18/h4-9,16H,3,19H2,1-2H3. The van der Waals surface area contributed by atoms with E-state index in [-0.39, 0.29) is 5.56 Å². The molecule has 2 rings (SSSR count). The molecular weight excluding hydrogens is 260 g/mol. The van der Waals surface area contributed by atoms with Gasteiger partial charge in [-0.2, -0.15) is 0 Å². The normalized spacial score (nSPS) is 12.2. The lowest BCUT2D eigenvalue weighted by Crippen LogP contribution is -2.16. The highest BCUT2D eigenvalue weighted by molar-refractivity contribution is 5.44. The Labute approximate surface area is 117 Å². The van der Waals surface area contributed by atoms with Gasteiger partial charge in [-0.3, -0.25) is 0 Å². The van der Waals surface area contributed by atoms with Gasteiger partial charge in [-0.1, -0.05) is 29.8 Å². The molecule has 1 unspecified atom stereocenters. The van der Waals surface area contributed by atoms with Crippen molar-refractivity contribution in [1.82, 2.24) is 0 Å². The third kappa shape index (κ3) is 2.80. The van der Waals surface area contributed by atoms with E-state index in [0.717, 1.165) is 11.6 Å². The number of benzene rings is 2. The molecule has 0 bridgehead atoms. The zero-order valence-electron chi connectivity index (χ0n) is 11.5. The Morgan fingerprint density at radius 3 is 2.60 bits per heavy atom. The predicted molar refractivity (Wildman–Crippen MR) is 74.7 cm³/mol. The first-order valence-electron chi connectivity index (χ1n) is 6.47. The number of nitrogens with two attached hydrogens (primary N) is 1. The van der Waals surface area contributed by atoms with Gasteiger partial charge in [-0.15, -0.1) is 0 Å². The van der Waals surface area contributed by atoms with E-state index < -0.39 is 17.7 Å². The Morgan fingerprint density at radius 2 is 1.90 bits per heavy atom. The zero-order chi connectivity index (χ0) is 14.7. The van der Waals surface area contributed by atoms with Crippen LogP contribution in [-0.4, -0.2) is 6.61 Å². The Morgan fingerprint density at radius 1 is 1.15 bits per heavy atom. The van der Waals surface area contributed by atoms with Gasteiger partial charge in [-0.25, -0.2) is 8.78 Å². The summed E-state index contributed by atoms with van der Waals surface area (Å²) in [7, 11) is 0. The van der Waals surface area contributed by atoms with Crippen molar-refractivity contribution in [3.05, 3.63) is 64.7 Å². The number of aryl methyl sites for hydroxylation is 1. The zero-order valence-corrected chi connectivity index (χ0v) is 11.5. The largest absolute Gasteiger partial charge is 0.494 e. The van der Waals surface area contributed by atoms with Crippen LogP contribution in [-0.2, 0) is 0 Å². The molecule has 1 atom stereocenters. The van der Waals surface area contributed by atoms with Gasteiger partial charge >= 0.3 is 0 Å². The number of ether oxygens (including phenoxy) is 1. The highest BCUT2D eigenvalue weighted by Crippen LogP contribution is 2.31. The lowest BCUT2D eigenvalue weighted by atomic mass is 9.96. The second-order valence-electron chi connectivity index (χ2n) is 4.60. The van der Waals surface area contributed by atoms with Gasteiger partial charge < -0.3 is 10.5 Å².